The van der Waals surface area contributed by atoms with Crippen LogP contribution < -0.4 is 5.73 Å². The maximum absolute atomic E-state index is 5.99. The van der Waals surface area contributed by atoms with Gasteiger partial charge < -0.3 is 5.73 Å². The molecule has 1 atom stereocenters. The quantitative estimate of drug-likeness (QED) is 0.893. The Kier molecular flexibility index (Phi) is 4.38. The molecule has 1 aromatic heterocycles. The van der Waals surface area contributed by atoms with Crippen LogP contribution in [0, 0.1) is 5.92 Å². The van der Waals surface area contributed by atoms with Gasteiger partial charge in [-0.05, 0) is 35.4 Å². The third-order valence-electron chi connectivity index (χ3n) is 3.28. The van der Waals surface area contributed by atoms with Crippen molar-refractivity contribution in [3.05, 3.63) is 35.2 Å². The molecule has 0 spiro atoms. The van der Waals surface area contributed by atoms with Gasteiger partial charge in [0.25, 0.3) is 0 Å². The molecule has 0 aliphatic carbocycles. The van der Waals surface area contributed by atoms with E-state index in [1.54, 1.807) is 0 Å². The van der Waals surface area contributed by atoms with E-state index in [2.05, 4.69) is 55.4 Å². The van der Waals surface area contributed by atoms with Crippen molar-refractivity contribution in [3.63, 3.8) is 0 Å². The summed E-state index contributed by atoms with van der Waals surface area (Å²) in [6.07, 6.45) is 0. The number of nitrogens with zero attached hydrogens (tertiary/aromatic N) is 1. The number of thiophene rings is 1. The van der Waals surface area contributed by atoms with Gasteiger partial charge in [-0.3, -0.25) is 4.90 Å². The predicted octanol–water partition coefficient (Wildman–Crippen LogP) is 3.49. The summed E-state index contributed by atoms with van der Waals surface area (Å²) in [6, 6.07) is 8.91. The second kappa shape index (κ2) is 5.83. The summed E-state index contributed by atoms with van der Waals surface area (Å²) < 4.78 is 1.35. The average Bonchev–Trinajstić information content (AvgIpc) is 2.73. The van der Waals surface area contributed by atoms with Gasteiger partial charge in [-0.2, -0.15) is 0 Å². The van der Waals surface area contributed by atoms with Crippen molar-refractivity contribution in [1.29, 1.82) is 0 Å². The average molecular weight is 262 g/mol. The van der Waals surface area contributed by atoms with E-state index >= 15 is 0 Å². The molecule has 0 fully saturated rings. The first-order valence-electron chi connectivity index (χ1n) is 6.50. The molecule has 2 nitrogen and oxygen atoms in total. The highest BCUT2D eigenvalue weighted by Crippen LogP contribution is 2.32. The molecule has 1 heterocycles. The van der Waals surface area contributed by atoms with Gasteiger partial charge >= 0.3 is 0 Å². The largest absolute Gasteiger partial charge is 0.329 e. The molecule has 2 aromatic rings. The van der Waals surface area contributed by atoms with Crippen LogP contribution in [0.5, 0.6) is 0 Å². The summed E-state index contributed by atoms with van der Waals surface area (Å²) >= 11 is 1.81. The standard InChI is InChI=1S/C15H22N2S/c1-11(2)9-17(3)14(8-16)13-10-18-15-7-5-4-6-12(13)15/h4-7,10-11,14H,8-9,16H2,1-3H3. The van der Waals surface area contributed by atoms with Crippen LogP contribution >= 0.6 is 11.3 Å². The van der Waals surface area contributed by atoms with Gasteiger partial charge in [0.2, 0.25) is 0 Å². The molecule has 1 unspecified atom stereocenters. The Morgan fingerprint density at radius 2 is 2.00 bits per heavy atom. The lowest BCUT2D eigenvalue weighted by atomic mass is 10.0. The molecule has 2 N–H and O–H groups in total. The summed E-state index contributed by atoms with van der Waals surface area (Å²) in [5.74, 6) is 0.661. The van der Waals surface area contributed by atoms with Crippen molar-refractivity contribution < 1.29 is 0 Å². The SMILES string of the molecule is CC(C)CN(C)C(CN)c1csc2ccccc12. The van der Waals surface area contributed by atoms with Crippen LogP contribution in [0.1, 0.15) is 25.5 Å². The fourth-order valence-electron chi connectivity index (χ4n) is 2.50. The molecule has 0 saturated heterocycles. The minimum absolute atomic E-state index is 0.323. The van der Waals surface area contributed by atoms with Gasteiger partial charge in [0.05, 0.1) is 0 Å². The van der Waals surface area contributed by atoms with Crippen LogP contribution in [-0.2, 0) is 0 Å². The maximum Gasteiger partial charge on any atom is 0.0481 e. The first kappa shape index (κ1) is 13.5. The number of fused-ring (bicyclic) bond motifs is 1. The van der Waals surface area contributed by atoms with E-state index in [-0.39, 0.29) is 0 Å². The Hall–Kier alpha value is -0.900. The van der Waals surface area contributed by atoms with E-state index in [1.807, 2.05) is 11.3 Å². The Bertz CT molecular complexity index is 504. The molecule has 0 radical (unpaired) electrons. The maximum atomic E-state index is 5.99. The molecule has 18 heavy (non-hydrogen) atoms. The minimum atomic E-state index is 0.323. The van der Waals surface area contributed by atoms with E-state index < -0.39 is 0 Å². The lowest BCUT2D eigenvalue weighted by Gasteiger charge is -2.28. The van der Waals surface area contributed by atoms with Crippen LogP contribution in [0.15, 0.2) is 29.6 Å². The molecule has 2 rings (SSSR count). The molecular weight excluding hydrogens is 240 g/mol. The van der Waals surface area contributed by atoms with E-state index in [0.29, 0.717) is 18.5 Å². The van der Waals surface area contributed by atoms with Crippen molar-refractivity contribution in [3.8, 4) is 0 Å². The van der Waals surface area contributed by atoms with Crippen LogP contribution in [0.2, 0.25) is 0 Å². The molecule has 0 saturated carbocycles. The highest BCUT2D eigenvalue weighted by molar-refractivity contribution is 7.17. The van der Waals surface area contributed by atoms with Crippen molar-refractivity contribution in [2.75, 3.05) is 20.1 Å². The van der Waals surface area contributed by atoms with Crippen molar-refractivity contribution in [2.45, 2.75) is 19.9 Å². The summed E-state index contributed by atoms with van der Waals surface area (Å²) in [6.45, 7) is 6.24. The molecule has 0 aliphatic rings. The third kappa shape index (κ3) is 2.74. The van der Waals surface area contributed by atoms with Gasteiger partial charge in [0.1, 0.15) is 0 Å². The molecule has 98 valence electrons. The molecule has 0 aliphatic heterocycles. The molecular formula is C15H22N2S. The zero-order valence-corrected chi connectivity index (χ0v) is 12.2. The fraction of sp³-hybridized carbons (Fsp3) is 0.467. The molecule has 3 heteroatoms. The summed E-state index contributed by atoms with van der Waals surface area (Å²) in [5, 5.41) is 3.62. The Morgan fingerprint density at radius 1 is 1.28 bits per heavy atom. The zero-order valence-electron chi connectivity index (χ0n) is 11.4. The van der Waals surface area contributed by atoms with Crippen LogP contribution in [0.25, 0.3) is 10.1 Å². The highest BCUT2D eigenvalue weighted by Gasteiger charge is 2.19. The molecule has 0 bridgehead atoms. The molecule has 0 amide bonds. The van der Waals surface area contributed by atoms with Crippen molar-refractivity contribution >= 4 is 21.4 Å². The normalized spacial score (nSPS) is 13.7. The van der Waals surface area contributed by atoms with E-state index in [4.69, 9.17) is 5.73 Å². The number of hydrogen-bond donors (Lipinski definition) is 1. The van der Waals surface area contributed by atoms with Gasteiger partial charge in [-0.1, -0.05) is 32.0 Å². The Labute approximate surface area is 113 Å². The zero-order chi connectivity index (χ0) is 13.1. The van der Waals surface area contributed by atoms with Gasteiger partial charge in [0, 0.05) is 23.8 Å². The topological polar surface area (TPSA) is 29.3 Å². The van der Waals surface area contributed by atoms with Crippen LogP contribution in [0.4, 0.5) is 0 Å². The highest BCUT2D eigenvalue weighted by atomic mass is 32.1. The Balaban J connectivity index is 2.32. The van der Waals surface area contributed by atoms with E-state index in [9.17, 15) is 0 Å². The predicted molar refractivity (Wildman–Crippen MR) is 81.1 cm³/mol. The lowest BCUT2D eigenvalue weighted by molar-refractivity contribution is 0.225. The summed E-state index contributed by atoms with van der Waals surface area (Å²) in [7, 11) is 2.17. The van der Waals surface area contributed by atoms with Gasteiger partial charge in [0.15, 0.2) is 0 Å². The second-order valence-electron chi connectivity index (χ2n) is 5.27. The second-order valence-corrected chi connectivity index (χ2v) is 6.18. The third-order valence-corrected chi connectivity index (χ3v) is 4.26. The number of hydrogen-bond acceptors (Lipinski definition) is 3. The fourth-order valence-corrected chi connectivity index (χ4v) is 3.51. The number of nitrogens with two attached hydrogens (primary N) is 1. The summed E-state index contributed by atoms with van der Waals surface area (Å²) in [5.41, 5.74) is 7.37. The summed E-state index contributed by atoms with van der Waals surface area (Å²) in [4.78, 5) is 2.37. The first-order valence-corrected chi connectivity index (χ1v) is 7.38. The number of benzene rings is 1. The first-order chi connectivity index (χ1) is 8.63. The van der Waals surface area contributed by atoms with Crippen LogP contribution in [0.3, 0.4) is 0 Å². The van der Waals surface area contributed by atoms with Crippen LogP contribution in [-0.4, -0.2) is 25.0 Å². The minimum Gasteiger partial charge on any atom is -0.329 e. The lowest BCUT2D eigenvalue weighted by Crippen LogP contribution is -2.33. The van der Waals surface area contributed by atoms with E-state index in [1.165, 1.54) is 15.6 Å². The van der Waals surface area contributed by atoms with E-state index in [0.717, 1.165) is 6.54 Å². The number of rotatable bonds is 5. The Morgan fingerprint density at radius 3 is 2.67 bits per heavy atom. The van der Waals surface area contributed by atoms with Crippen molar-refractivity contribution in [2.24, 2.45) is 11.7 Å². The molecule has 1 aromatic carbocycles. The van der Waals surface area contributed by atoms with Gasteiger partial charge in [-0.25, -0.2) is 0 Å². The smallest absolute Gasteiger partial charge is 0.0481 e. The number of likely N-dealkylation sites (N-methyl/N-ethyl adjacent to an activating group) is 1. The van der Waals surface area contributed by atoms with Gasteiger partial charge in [-0.15, -0.1) is 11.3 Å². The monoisotopic (exact) mass is 262 g/mol. The van der Waals surface area contributed by atoms with Crippen molar-refractivity contribution in [1.82, 2.24) is 4.90 Å².